The van der Waals surface area contributed by atoms with Crippen molar-refractivity contribution in [3.63, 3.8) is 0 Å². The van der Waals surface area contributed by atoms with Gasteiger partial charge >= 0.3 is 0 Å². The van der Waals surface area contributed by atoms with Crippen LogP contribution in [0.2, 0.25) is 10.0 Å². The molecule has 0 N–H and O–H groups in total. The molecule has 3 nitrogen and oxygen atoms in total. The summed E-state index contributed by atoms with van der Waals surface area (Å²) in [6.07, 6.45) is 5.33. The van der Waals surface area contributed by atoms with E-state index in [1.54, 1.807) is 6.07 Å². The molecule has 0 radical (unpaired) electrons. The number of pyridine rings is 1. The van der Waals surface area contributed by atoms with Crippen molar-refractivity contribution in [1.82, 2.24) is 14.5 Å². The first kappa shape index (κ1) is 15.9. The van der Waals surface area contributed by atoms with Crippen LogP contribution >= 0.6 is 23.2 Å². The van der Waals surface area contributed by atoms with Gasteiger partial charge in [0, 0.05) is 39.8 Å². The molecule has 5 heteroatoms. The first-order valence-electron chi connectivity index (χ1n) is 8.41. The summed E-state index contributed by atoms with van der Waals surface area (Å²) in [5.41, 5.74) is 3.83. The van der Waals surface area contributed by atoms with Crippen molar-refractivity contribution in [3.8, 4) is 11.1 Å². The second-order valence-electron chi connectivity index (χ2n) is 6.48. The molecule has 124 valence electrons. The number of hydrogen-bond acceptors (Lipinski definition) is 2. The summed E-state index contributed by atoms with van der Waals surface area (Å²) in [5.74, 6) is 1.84. The highest BCUT2D eigenvalue weighted by molar-refractivity contribution is 6.36. The SMILES string of the molecule is CCc1nc2c(-c3ccc(Cl)cc3Cl)ccnc2n1C(C)C1CC1. The Labute approximate surface area is 151 Å². The maximum atomic E-state index is 6.43. The lowest BCUT2D eigenvalue weighted by atomic mass is 10.1. The third-order valence-electron chi connectivity index (χ3n) is 4.90. The molecule has 1 saturated carbocycles. The van der Waals surface area contributed by atoms with Crippen LogP contribution in [0.1, 0.15) is 38.6 Å². The van der Waals surface area contributed by atoms with Gasteiger partial charge < -0.3 is 4.57 Å². The molecular weight excluding hydrogens is 341 g/mol. The highest BCUT2D eigenvalue weighted by Gasteiger charge is 2.32. The molecule has 0 amide bonds. The number of hydrogen-bond donors (Lipinski definition) is 0. The molecule has 1 aliphatic rings. The zero-order valence-corrected chi connectivity index (χ0v) is 15.3. The predicted molar refractivity (Wildman–Crippen MR) is 99.8 cm³/mol. The number of imidazole rings is 1. The maximum Gasteiger partial charge on any atom is 0.160 e. The minimum absolute atomic E-state index is 0.438. The summed E-state index contributed by atoms with van der Waals surface area (Å²) in [5, 5.41) is 1.27. The van der Waals surface area contributed by atoms with E-state index in [9.17, 15) is 0 Å². The van der Waals surface area contributed by atoms with Gasteiger partial charge in [0.2, 0.25) is 0 Å². The largest absolute Gasteiger partial charge is 0.310 e. The smallest absolute Gasteiger partial charge is 0.160 e. The van der Waals surface area contributed by atoms with Crippen molar-refractivity contribution in [2.75, 3.05) is 0 Å². The molecule has 0 bridgehead atoms. The van der Waals surface area contributed by atoms with E-state index in [1.807, 2.05) is 24.4 Å². The Bertz CT molecular complexity index is 912. The van der Waals surface area contributed by atoms with E-state index in [2.05, 4.69) is 23.4 Å². The molecule has 4 rings (SSSR count). The number of rotatable bonds is 4. The fourth-order valence-electron chi connectivity index (χ4n) is 3.43. The maximum absolute atomic E-state index is 6.43. The molecule has 2 heterocycles. The van der Waals surface area contributed by atoms with E-state index in [-0.39, 0.29) is 0 Å². The molecule has 1 fully saturated rings. The molecule has 0 saturated heterocycles. The lowest BCUT2D eigenvalue weighted by molar-refractivity contribution is 0.479. The summed E-state index contributed by atoms with van der Waals surface area (Å²) in [6.45, 7) is 4.42. The van der Waals surface area contributed by atoms with Gasteiger partial charge in [0.15, 0.2) is 5.65 Å². The van der Waals surface area contributed by atoms with Gasteiger partial charge in [0.1, 0.15) is 11.3 Å². The lowest BCUT2D eigenvalue weighted by Gasteiger charge is -2.16. The van der Waals surface area contributed by atoms with E-state index >= 15 is 0 Å². The normalized spacial score (nSPS) is 15.8. The van der Waals surface area contributed by atoms with Gasteiger partial charge in [-0.3, -0.25) is 0 Å². The number of fused-ring (bicyclic) bond motifs is 1. The standard InChI is InChI=1S/C19H19Cl2N3/c1-3-17-23-18-15(14-7-6-13(20)10-16(14)21)8-9-22-19(18)24(17)11(2)12-4-5-12/h6-12H,3-5H2,1-2H3. The van der Waals surface area contributed by atoms with Crippen molar-refractivity contribution in [2.45, 2.75) is 39.2 Å². The quantitative estimate of drug-likeness (QED) is 0.577. The van der Waals surface area contributed by atoms with E-state index in [4.69, 9.17) is 28.2 Å². The van der Waals surface area contributed by atoms with Crippen LogP contribution in [-0.4, -0.2) is 14.5 Å². The van der Waals surface area contributed by atoms with Crippen LogP contribution in [0.4, 0.5) is 0 Å². The molecule has 2 aromatic heterocycles. The Morgan fingerprint density at radius 3 is 2.67 bits per heavy atom. The third-order valence-corrected chi connectivity index (χ3v) is 5.45. The summed E-state index contributed by atoms with van der Waals surface area (Å²) >= 11 is 12.5. The van der Waals surface area contributed by atoms with Crippen molar-refractivity contribution in [1.29, 1.82) is 0 Å². The highest BCUT2D eigenvalue weighted by atomic mass is 35.5. The van der Waals surface area contributed by atoms with Gasteiger partial charge in [0.05, 0.1) is 0 Å². The molecule has 1 aromatic carbocycles. The second kappa shape index (κ2) is 6.05. The van der Waals surface area contributed by atoms with E-state index < -0.39 is 0 Å². The summed E-state index contributed by atoms with van der Waals surface area (Å²) < 4.78 is 2.32. The molecule has 24 heavy (non-hydrogen) atoms. The van der Waals surface area contributed by atoms with E-state index in [0.717, 1.165) is 40.5 Å². The minimum Gasteiger partial charge on any atom is -0.310 e. The average Bonchev–Trinajstić information content (AvgIpc) is 3.34. The van der Waals surface area contributed by atoms with Gasteiger partial charge in [-0.05, 0) is 43.9 Å². The zero-order chi connectivity index (χ0) is 16.8. The van der Waals surface area contributed by atoms with Crippen LogP contribution in [0.3, 0.4) is 0 Å². The second-order valence-corrected chi connectivity index (χ2v) is 7.33. The molecule has 0 aliphatic heterocycles. The van der Waals surface area contributed by atoms with Gasteiger partial charge in [-0.2, -0.15) is 0 Å². The van der Waals surface area contributed by atoms with Gasteiger partial charge in [-0.25, -0.2) is 9.97 Å². The monoisotopic (exact) mass is 359 g/mol. The van der Waals surface area contributed by atoms with E-state index in [0.29, 0.717) is 16.1 Å². The lowest BCUT2D eigenvalue weighted by Crippen LogP contribution is -2.11. The van der Waals surface area contributed by atoms with Crippen LogP contribution in [-0.2, 0) is 6.42 Å². The molecule has 1 unspecified atom stereocenters. The summed E-state index contributed by atoms with van der Waals surface area (Å²) in [6, 6.07) is 8.01. The fraction of sp³-hybridized carbons (Fsp3) is 0.368. The van der Waals surface area contributed by atoms with Crippen molar-refractivity contribution in [2.24, 2.45) is 5.92 Å². The van der Waals surface area contributed by atoms with E-state index in [1.165, 1.54) is 12.8 Å². The Kier molecular flexibility index (Phi) is 4.01. The van der Waals surface area contributed by atoms with Crippen molar-refractivity contribution < 1.29 is 0 Å². The number of aryl methyl sites for hydroxylation is 1. The highest BCUT2D eigenvalue weighted by Crippen LogP contribution is 2.42. The average molecular weight is 360 g/mol. The number of nitrogens with zero attached hydrogens (tertiary/aromatic N) is 3. The van der Waals surface area contributed by atoms with Crippen molar-refractivity contribution in [3.05, 3.63) is 46.3 Å². The molecule has 0 spiro atoms. The first-order valence-corrected chi connectivity index (χ1v) is 9.17. The Hall–Kier alpha value is -1.58. The third kappa shape index (κ3) is 2.60. The number of halogens is 2. The summed E-state index contributed by atoms with van der Waals surface area (Å²) in [4.78, 5) is 9.56. The molecule has 1 atom stereocenters. The number of aromatic nitrogens is 3. The Balaban J connectivity index is 1.95. The molecular formula is C19H19Cl2N3. The van der Waals surface area contributed by atoms with Crippen LogP contribution in [0, 0.1) is 5.92 Å². The van der Waals surface area contributed by atoms with Crippen LogP contribution in [0.15, 0.2) is 30.5 Å². The number of benzene rings is 1. The first-order chi connectivity index (χ1) is 11.6. The Morgan fingerprint density at radius 2 is 2.00 bits per heavy atom. The van der Waals surface area contributed by atoms with Gasteiger partial charge in [-0.1, -0.05) is 36.2 Å². The van der Waals surface area contributed by atoms with Crippen LogP contribution < -0.4 is 0 Å². The fourth-order valence-corrected chi connectivity index (χ4v) is 3.94. The zero-order valence-electron chi connectivity index (χ0n) is 13.8. The van der Waals surface area contributed by atoms with Gasteiger partial charge in [0.25, 0.3) is 0 Å². The molecule has 1 aliphatic carbocycles. The Morgan fingerprint density at radius 1 is 1.21 bits per heavy atom. The molecule has 3 aromatic rings. The predicted octanol–water partition coefficient (Wildman–Crippen LogP) is 5.94. The van der Waals surface area contributed by atoms with Crippen LogP contribution in [0.5, 0.6) is 0 Å². The topological polar surface area (TPSA) is 30.7 Å². The van der Waals surface area contributed by atoms with Gasteiger partial charge in [-0.15, -0.1) is 0 Å². The minimum atomic E-state index is 0.438. The van der Waals surface area contributed by atoms with Crippen molar-refractivity contribution >= 4 is 34.4 Å². The van der Waals surface area contributed by atoms with Crippen LogP contribution in [0.25, 0.3) is 22.3 Å². The summed E-state index contributed by atoms with van der Waals surface area (Å²) in [7, 11) is 0.